The fourth-order valence-corrected chi connectivity index (χ4v) is 0.895. The second-order valence-corrected chi connectivity index (χ2v) is 3.29. The average Bonchev–Trinajstić information content (AvgIpc) is 2.26. The molecular formula is C8H19NO6. The summed E-state index contributed by atoms with van der Waals surface area (Å²) in [6.45, 7) is -1.16. The minimum absolute atomic E-state index is 0.0308. The van der Waals surface area contributed by atoms with E-state index in [2.05, 4.69) is 5.32 Å². The lowest BCUT2D eigenvalue weighted by Gasteiger charge is -2.19. The largest absolute Gasteiger partial charge is 0.394 e. The molecule has 0 aromatic rings. The summed E-state index contributed by atoms with van der Waals surface area (Å²) in [7, 11) is 0. The quantitative estimate of drug-likeness (QED) is 0.224. The third kappa shape index (κ3) is 6.00. The van der Waals surface area contributed by atoms with Crippen LogP contribution in [0.3, 0.4) is 0 Å². The van der Waals surface area contributed by atoms with Gasteiger partial charge in [0.25, 0.3) is 0 Å². The summed E-state index contributed by atoms with van der Waals surface area (Å²) in [6, 6.07) is 0. The monoisotopic (exact) mass is 225 g/mol. The Hall–Kier alpha value is -0.280. The van der Waals surface area contributed by atoms with Crippen LogP contribution in [-0.2, 0) is 0 Å². The number of hydrogen-bond donors (Lipinski definition) is 7. The lowest BCUT2D eigenvalue weighted by Crippen LogP contribution is -2.43. The van der Waals surface area contributed by atoms with Crippen LogP contribution in [-0.4, -0.2) is 81.4 Å². The summed E-state index contributed by atoms with van der Waals surface area (Å²) >= 11 is 0. The first-order chi connectivity index (χ1) is 7.02. The van der Waals surface area contributed by atoms with Gasteiger partial charge in [0.2, 0.25) is 0 Å². The van der Waals surface area contributed by atoms with Crippen LogP contribution in [0, 0.1) is 0 Å². The Labute approximate surface area is 87.6 Å². The van der Waals surface area contributed by atoms with Crippen LogP contribution in [0.25, 0.3) is 0 Å². The highest BCUT2D eigenvalue weighted by Crippen LogP contribution is 1.93. The molecule has 7 nitrogen and oxygen atoms in total. The van der Waals surface area contributed by atoms with Crippen LogP contribution in [0.4, 0.5) is 0 Å². The number of aliphatic hydroxyl groups excluding tert-OH is 6. The molecule has 0 radical (unpaired) electrons. The van der Waals surface area contributed by atoms with Gasteiger partial charge in [-0.1, -0.05) is 0 Å². The van der Waals surface area contributed by atoms with Crippen LogP contribution in [0.2, 0.25) is 0 Å². The number of aliphatic hydroxyl groups is 6. The highest BCUT2D eigenvalue weighted by atomic mass is 16.4. The smallest absolute Gasteiger partial charge is 0.104 e. The maximum absolute atomic E-state index is 9.16. The van der Waals surface area contributed by atoms with E-state index in [1.165, 1.54) is 0 Å². The third-order valence-electron chi connectivity index (χ3n) is 1.97. The van der Waals surface area contributed by atoms with Gasteiger partial charge in [0, 0.05) is 13.1 Å². The van der Waals surface area contributed by atoms with Crippen LogP contribution in [0.1, 0.15) is 0 Å². The molecule has 0 saturated carbocycles. The number of hydrogen-bond acceptors (Lipinski definition) is 7. The lowest BCUT2D eigenvalue weighted by molar-refractivity contribution is -0.0253. The molecule has 0 aliphatic rings. The standard InChI is InChI=1S/C8H19NO6/c10-3-7(14)5(12)1-9-2-6(13)8(15)4-11/h5-15H,1-4H2. The molecule has 0 saturated heterocycles. The van der Waals surface area contributed by atoms with Crippen molar-refractivity contribution in [2.45, 2.75) is 24.4 Å². The Balaban J connectivity index is 3.60. The normalized spacial score (nSPS) is 19.6. The van der Waals surface area contributed by atoms with Crippen LogP contribution < -0.4 is 5.32 Å². The van der Waals surface area contributed by atoms with Gasteiger partial charge in [0.05, 0.1) is 25.4 Å². The molecule has 0 aromatic heterocycles. The molecule has 0 aliphatic carbocycles. The Morgan fingerprint density at radius 2 is 1.00 bits per heavy atom. The van der Waals surface area contributed by atoms with Crippen molar-refractivity contribution in [3.8, 4) is 0 Å². The van der Waals surface area contributed by atoms with Crippen molar-refractivity contribution in [1.29, 1.82) is 0 Å². The van der Waals surface area contributed by atoms with Crippen LogP contribution in [0.15, 0.2) is 0 Å². The van der Waals surface area contributed by atoms with Gasteiger partial charge in [-0.2, -0.15) is 0 Å². The first kappa shape index (κ1) is 14.7. The Kier molecular flexibility index (Phi) is 7.79. The highest BCUT2D eigenvalue weighted by Gasteiger charge is 2.17. The molecule has 4 unspecified atom stereocenters. The molecule has 0 heterocycles. The fourth-order valence-electron chi connectivity index (χ4n) is 0.895. The number of nitrogens with one attached hydrogen (secondary N) is 1. The highest BCUT2D eigenvalue weighted by molar-refractivity contribution is 4.72. The molecule has 0 aliphatic heterocycles. The van der Waals surface area contributed by atoms with E-state index < -0.39 is 37.6 Å². The predicted molar refractivity (Wildman–Crippen MR) is 51.1 cm³/mol. The van der Waals surface area contributed by atoms with Crippen molar-refractivity contribution >= 4 is 0 Å². The predicted octanol–water partition coefficient (Wildman–Crippen LogP) is -4.00. The zero-order valence-corrected chi connectivity index (χ0v) is 8.32. The summed E-state index contributed by atoms with van der Waals surface area (Å²) in [5, 5.41) is 55.8. The van der Waals surface area contributed by atoms with E-state index >= 15 is 0 Å². The molecule has 0 rings (SSSR count). The van der Waals surface area contributed by atoms with Crippen molar-refractivity contribution in [2.75, 3.05) is 26.3 Å². The van der Waals surface area contributed by atoms with Crippen molar-refractivity contribution < 1.29 is 30.6 Å². The van der Waals surface area contributed by atoms with Crippen molar-refractivity contribution in [3.63, 3.8) is 0 Å². The molecule has 7 N–H and O–H groups in total. The first-order valence-corrected chi connectivity index (χ1v) is 4.67. The van der Waals surface area contributed by atoms with Gasteiger partial charge in [-0.25, -0.2) is 0 Å². The molecule has 92 valence electrons. The summed E-state index contributed by atoms with van der Waals surface area (Å²) in [5.74, 6) is 0. The zero-order chi connectivity index (χ0) is 11.8. The summed E-state index contributed by atoms with van der Waals surface area (Å²) < 4.78 is 0. The zero-order valence-electron chi connectivity index (χ0n) is 8.32. The Bertz CT molecular complexity index is 142. The molecule has 4 atom stereocenters. The average molecular weight is 225 g/mol. The molecule has 15 heavy (non-hydrogen) atoms. The van der Waals surface area contributed by atoms with E-state index in [1.54, 1.807) is 0 Å². The van der Waals surface area contributed by atoms with Gasteiger partial charge < -0.3 is 36.0 Å². The van der Waals surface area contributed by atoms with E-state index in [-0.39, 0.29) is 13.1 Å². The third-order valence-corrected chi connectivity index (χ3v) is 1.97. The maximum atomic E-state index is 9.16. The summed E-state index contributed by atoms with van der Waals surface area (Å²) in [4.78, 5) is 0. The molecular weight excluding hydrogens is 206 g/mol. The topological polar surface area (TPSA) is 133 Å². The molecule has 0 aromatic carbocycles. The van der Waals surface area contributed by atoms with Gasteiger partial charge in [-0.15, -0.1) is 0 Å². The van der Waals surface area contributed by atoms with Gasteiger partial charge in [-0.05, 0) is 0 Å². The minimum atomic E-state index is -1.24. The lowest BCUT2D eigenvalue weighted by atomic mass is 10.2. The van der Waals surface area contributed by atoms with Crippen molar-refractivity contribution in [1.82, 2.24) is 5.32 Å². The second-order valence-electron chi connectivity index (χ2n) is 3.29. The second kappa shape index (κ2) is 7.94. The van der Waals surface area contributed by atoms with E-state index in [0.29, 0.717) is 0 Å². The van der Waals surface area contributed by atoms with Gasteiger partial charge in [0.1, 0.15) is 12.2 Å². The van der Waals surface area contributed by atoms with E-state index in [9.17, 15) is 0 Å². The first-order valence-electron chi connectivity index (χ1n) is 4.67. The van der Waals surface area contributed by atoms with E-state index in [4.69, 9.17) is 30.6 Å². The summed E-state index contributed by atoms with van der Waals surface area (Å²) in [6.07, 6.45) is -4.77. The molecule has 0 amide bonds. The van der Waals surface area contributed by atoms with Gasteiger partial charge >= 0.3 is 0 Å². The fraction of sp³-hybridized carbons (Fsp3) is 1.00. The molecule has 0 fully saturated rings. The molecule has 0 bridgehead atoms. The molecule has 0 spiro atoms. The van der Waals surface area contributed by atoms with Gasteiger partial charge in [0.15, 0.2) is 0 Å². The van der Waals surface area contributed by atoms with E-state index in [1.807, 2.05) is 0 Å². The van der Waals surface area contributed by atoms with E-state index in [0.717, 1.165) is 0 Å². The SMILES string of the molecule is OCC(O)C(O)CNCC(O)C(O)CO. The number of rotatable bonds is 8. The van der Waals surface area contributed by atoms with Gasteiger partial charge in [-0.3, -0.25) is 0 Å². The summed E-state index contributed by atoms with van der Waals surface area (Å²) in [5.41, 5.74) is 0. The minimum Gasteiger partial charge on any atom is -0.394 e. The van der Waals surface area contributed by atoms with Crippen LogP contribution in [0.5, 0.6) is 0 Å². The maximum Gasteiger partial charge on any atom is 0.104 e. The Morgan fingerprint density at radius 3 is 1.27 bits per heavy atom. The van der Waals surface area contributed by atoms with Crippen molar-refractivity contribution in [2.24, 2.45) is 0 Å². The Morgan fingerprint density at radius 1 is 0.667 bits per heavy atom. The molecule has 7 heteroatoms. The van der Waals surface area contributed by atoms with Crippen molar-refractivity contribution in [3.05, 3.63) is 0 Å². The van der Waals surface area contributed by atoms with Crippen LogP contribution >= 0.6 is 0 Å².